The second kappa shape index (κ2) is 7.62. The molecule has 1 aliphatic rings. The maximum atomic E-state index is 11.9. The molecule has 1 aromatic rings. The molecule has 0 atom stereocenters. The zero-order valence-electron chi connectivity index (χ0n) is 13.7. The molecule has 21 heavy (non-hydrogen) atoms. The number of carbonyl (C=O) groups excluding carboxylic acids is 1. The second-order valence-electron chi connectivity index (χ2n) is 6.42. The van der Waals surface area contributed by atoms with Crippen molar-refractivity contribution in [1.29, 1.82) is 0 Å². The van der Waals surface area contributed by atoms with E-state index in [-0.39, 0.29) is 5.91 Å². The van der Waals surface area contributed by atoms with E-state index in [1.165, 1.54) is 43.4 Å². The van der Waals surface area contributed by atoms with Crippen LogP contribution in [0, 0.1) is 19.8 Å². The van der Waals surface area contributed by atoms with Gasteiger partial charge in [-0.2, -0.15) is 5.10 Å². The average molecular weight is 291 g/mol. The number of hydrogen-bond donors (Lipinski definition) is 1. The Morgan fingerprint density at radius 1 is 1.29 bits per heavy atom. The maximum Gasteiger partial charge on any atom is 0.220 e. The first-order valence-corrected chi connectivity index (χ1v) is 8.33. The standard InChI is InChI=1S/C17H29N3O/c1-13-16(14(2)20(3)19-13)11-12-18-17(21)10-9-15-7-5-4-6-8-15/h15H,4-12H2,1-3H3,(H,18,21). The molecule has 1 N–H and O–H groups in total. The van der Waals surface area contributed by atoms with E-state index in [4.69, 9.17) is 0 Å². The van der Waals surface area contributed by atoms with E-state index >= 15 is 0 Å². The number of nitrogens with one attached hydrogen (secondary N) is 1. The van der Waals surface area contributed by atoms with Crippen LogP contribution in [0.25, 0.3) is 0 Å². The summed E-state index contributed by atoms with van der Waals surface area (Å²) < 4.78 is 1.91. The highest BCUT2D eigenvalue weighted by atomic mass is 16.1. The van der Waals surface area contributed by atoms with Crippen LogP contribution in [-0.2, 0) is 18.3 Å². The summed E-state index contributed by atoms with van der Waals surface area (Å²) in [6.07, 6.45) is 9.36. The van der Waals surface area contributed by atoms with E-state index in [1.807, 2.05) is 18.7 Å². The molecule has 4 nitrogen and oxygen atoms in total. The number of nitrogens with zero attached hydrogens (tertiary/aromatic N) is 2. The molecule has 0 bridgehead atoms. The zero-order chi connectivity index (χ0) is 15.2. The van der Waals surface area contributed by atoms with Crippen LogP contribution in [0.3, 0.4) is 0 Å². The van der Waals surface area contributed by atoms with Gasteiger partial charge in [-0.25, -0.2) is 0 Å². The molecule has 1 heterocycles. The van der Waals surface area contributed by atoms with Crippen LogP contribution in [0.15, 0.2) is 0 Å². The van der Waals surface area contributed by atoms with Gasteiger partial charge in [0.05, 0.1) is 5.69 Å². The normalized spacial score (nSPS) is 16.1. The summed E-state index contributed by atoms with van der Waals surface area (Å²) in [5.74, 6) is 0.993. The molecular weight excluding hydrogens is 262 g/mol. The van der Waals surface area contributed by atoms with Gasteiger partial charge in [0.15, 0.2) is 0 Å². The van der Waals surface area contributed by atoms with Crippen molar-refractivity contribution < 1.29 is 4.79 Å². The average Bonchev–Trinajstić information content (AvgIpc) is 2.72. The van der Waals surface area contributed by atoms with Crippen molar-refractivity contribution in [2.45, 2.75) is 65.2 Å². The topological polar surface area (TPSA) is 46.9 Å². The molecule has 1 saturated carbocycles. The third-order valence-electron chi connectivity index (χ3n) is 4.86. The minimum Gasteiger partial charge on any atom is -0.356 e. The van der Waals surface area contributed by atoms with Crippen molar-refractivity contribution in [1.82, 2.24) is 15.1 Å². The molecule has 0 aliphatic heterocycles. The smallest absolute Gasteiger partial charge is 0.220 e. The first-order valence-electron chi connectivity index (χ1n) is 8.33. The summed E-state index contributed by atoms with van der Waals surface area (Å²) in [4.78, 5) is 11.9. The van der Waals surface area contributed by atoms with Crippen molar-refractivity contribution in [3.05, 3.63) is 17.0 Å². The summed E-state index contributed by atoms with van der Waals surface area (Å²) in [5.41, 5.74) is 3.54. The Morgan fingerprint density at radius 3 is 2.62 bits per heavy atom. The van der Waals surface area contributed by atoms with Crippen LogP contribution in [0.2, 0.25) is 0 Å². The SMILES string of the molecule is Cc1nn(C)c(C)c1CCNC(=O)CCC1CCCCC1. The fourth-order valence-electron chi connectivity index (χ4n) is 3.41. The molecule has 0 radical (unpaired) electrons. The number of aryl methyl sites for hydroxylation is 2. The third-order valence-corrected chi connectivity index (χ3v) is 4.86. The number of hydrogen-bond acceptors (Lipinski definition) is 2. The van der Waals surface area contributed by atoms with Crippen molar-refractivity contribution in [3.63, 3.8) is 0 Å². The molecule has 1 amide bonds. The Kier molecular flexibility index (Phi) is 5.83. The summed E-state index contributed by atoms with van der Waals surface area (Å²) in [6, 6.07) is 0. The zero-order valence-corrected chi connectivity index (χ0v) is 13.7. The van der Waals surface area contributed by atoms with Crippen LogP contribution < -0.4 is 5.32 Å². The van der Waals surface area contributed by atoms with Gasteiger partial charge in [-0.1, -0.05) is 32.1 Å². The van der Waals surface area contributed by atoms with Crippen LogP contribution in [0.5, 0.6) is 0 Å². The Balaban J connectivity index is 1.67. The van der Waals surface area contributed by atoms with Gasteiger partial charge in [-0.3, -0.25) is 9.48 Å². The largest absolute Gasteiger partial charge is 0.356 e. The Bertz CT molecular complexity index is 473. The predicted molar refractivity (Wildman–Crippen MR) is 85.2 cm³/mol. The summed E-state index contributed by atoms with van der Waals surface area (Å²) >= 11 is 0. The van der Waals surface area contributed by atoms with Crippen molar-refractivity contribution in [3.8, 4) is 0 Å². The van der Waals surface area contributed by atoms with E-state index in [2.05, 4.69) is 17.3 Å². The Morgan fingerprint density at radius 2 is 2.00 bits per heavy atom. The minimum absolute atomic E-state index is 0.208. The van der Waals surface area contributed by atoms with Gasteiger partial charge in [0.25, 0.3) is 0 Å². The fraction of sp³-hybridized carbons (Fsp3) is 0.765. The van der Waals surface area contributed by atoms with Gasteiger partial charge in [0, 0.05) is 25.7 Å². The summed E-state index contributed by atoms with van der Waals surface area (Å²) in [7, 11) is 1.97. The van der Waals surface area contributed by atoms with Gasteiger partial charge in [-0.05, 0) is 38.2 Å². The van der Waals surface area contributed by atoms with Gasteiger partial charge in [-0.15, -0.1) is 0 Å². The van der Waals surface area contributed by atoms with Crippen LogP contribution in [0.4, 0.5) is 0 Å². The summed E-state index contributed by atoms with van der Waals surface area (Å²) in [6.45, 7) is 4.84. The molecule has 118 valence electrons. The molecule has 0 aromatic carbocycles. The first-order chi connectivity index (χ1) is 10.1. The number of amides is 1. The quantitative estimate of drug-likeness (QED) is 0.875. The lowest BCUT2D eigenvalue weighted by Crippen LogP contribution is -2.26. The van der Waals surface area contributed by atoms with Gasteiger partial charge >= 0.3 is 0 Å². The van der Waals surface area contributed by atoms with E-state index < -0.39 is 0 Å². The van der Waals surface area contributed by atoms with Gasteiger partial charge in [0.1, 0.15) is 0 Å². The molecular formula is C17H29N3O. The monoisotopic (exact) mass is 291 g/mol. The Labute approximate surface area is 128 Å². The van der Waals surface area contributed by atoms with Gasteiger partial charge < -0.3 is 5.32 Å². The first kappa shape index (κ1) is 16.1. The van der Waals surface area contributed by atoms with Crippen LogP contribution >= 0.6 is 0 Å². The second-order valence-corrected chi connectivity index (χ2v) is 6.42. The van der Waals surface area contributed by atoms with E-state index in [1.54, 1.807) is 0 Å². The molecule has 0 spiro atoms. The maximum absolute atomic E-state index is 11.9. The fourth-order valence-corrected chi connectivity index (χ4v) is 3.41. The molecule has 2 rings (SSSR count). The lowest BCUT2D eigenvalue weighted by atomic mass is 9.86. The van der Waals surface area contributed by atoms with E-state index in [0.29, 0.717) is 6.42 Å². The molecule has 0 unspecified atom stereocenters. The van der Waals surface area contributed by atoms with Crippen LogP contribution in [0.1, 0.15) is 61.9 Å². The molecule has 1 fully saturated rings. The minimum atomic E-state index is 0.208. The molecule has 1 aliphatic carbocycles. The Hall–Kier alpha value is -1.32. The van der Waals surface area contributed by atoms with Gasteiger partial charge in [0.2, 0.25) is 5.91 Å². The predicted octanol–water partition coefficient (Wildman–Crippen LogP) is 3.06. The number of aromatic nitrogens is 2. The highest BCUT2D eigenvalue weighted by molar-refractivity contribution is 5.75. The molecule has 1 aromatic heterocycles. The van der Waals surface area contributed by atoms with E-state index in [9.17, 15) is 4.79 Å². The molecule has 0 saturated heterocycles. The van der Waals surface area contributed by atoms with E-state index in [0.717, 1.165) is 31.0 Å². The highest BCUT2D eigenvalue weighted by Crippen LogP contribution is 2.27. The molecule has 4 heteroatoms. The van der Waals surface area contributed by atoms with Crippen LogP contribution in [-0.4, -0.2) is 22.2 Å². The number of carbonyl (C=O) groups is 1. The van der Waals surface area contributed by atoms with Crippen molar-refractivity contribution in [2.24, 2.45) is 13.0 Å². The van der Waals surface area contributed by atoms with Crippen molar-refractivity contribution in [2.75, 3.05) is 6.54 Å². The van der Waals surface area contributed by atoms with Crippen molar-refractivity contribution >= 4 is 5.91 Å². The summed E-state index contributed by atoms with van der Waals surface area (Å²) in [5, 5.41) is 7.47. The highest BCUT2D eigenvalue weighted by Gasteiger charge is 2.15. The lowest BCUT2D eigenvalue weighted by molar-refractivity contribution is -0.121. The third kappa shape index (κ3) is 4.58. The number of rotatable bonds is 6. The lowest BCUT2D eigenvalue weighted by Gasteiger charge is -2.20.